The van der Waals surface area contributed by atoms with Gasteiger partial charge in [0.2, 0.25) is 0 Å². The van der Waals surface area contributed by atoms with E-state index >= 15 is 0 Å². The van der Waals surface area contributed by atoms with E-state index in [-0.39, 0.29) is 5.78 Å². The van der Waals surface area contributed by atoms with Crippen molar-refractivity contribution >= 4 is 39.3 Å². The van der Waals surface area contributed by atoms with E-state index in [4.69, 9.17) is 0 Å². The molecular formula is C10H9IN2O. The first-order chi connectivity index (χ1) is 6.59. The molecule has 0 spiro atoms. The zero-order valence-electron chi connectivity index (χ0n) is 7.89. The van der Waals surface area contributed by atoms with Gasteiger partial charge in [0.1, 0.15) is 5.69 Å². The normalized spacial score (nSPS) is 10.8. The molecule has 0 saturated heterocycles. The first-order valence-electron chi connectivity index (χ1n) is 4.25. The smallest absolute Gasteiger partial charge is 0.180 e. The lowest BCUT2D eigenvalue weighted by Crippen LogP contribution is -1.92. The van der Waals surface area contributed by atoms with Crippen molar-refractivity contribution in [1.29, 1.82) is 0 Å². The van der Waals surface area contributed by atoms with Gasteiger partial charge in [0.15, 0.2) is 5.78 Å². The highest BCUT2D eigenvalue weighted by molar-refractivity contribution is 14.1. The van der Waals surface area contributed by atoms with E-state index in [0.29, 0.717) is 5.69 Å². The Morgan fingerprint density at radius 1 is 1.50 bits per heavy atom. The maximum absolute atomic E-state index is 11.2. The largest absolute Gasteiger partial charge is 0.293 e. The predicted molar refractivity (Wildman–Crippen MR) is 63.6 cm³/mol. The van der Waals surface area contributed by atoms with Crippen LogP contribution in [0, 0.1) is 10.5 Å². The van der Waals surface area contributed by atoms with Crippen LogP contribution in [0.1, 0.15) is 23.0 Å². The van der Waals surface area contributed by atoms with E-state index in [1.807, 2.05) is 19.1 Å². The molecule has 72 valence electrons. The number of hydrogen-bond acceptors (Lipinski definition) is 2. The summed E-state index contributed by atoms with van der Waals surface area (Å²) in [5, 5.41) is 7.77. The molecule has 0 unspecified atom stereocenters. The van der Waals surface area contributed by atoms with E-state index in [0.717, 1.165) is 14.5 Å². The molecule has 0 radical (unpaired) electrons. The number of benzene rings is 1. The Balaban J connectivity index is 2.80. The van der Waals surface area contributed by atoms with E-state index in [2.05, 4.69) is 32.8 Å². The number of aryl methyl sites for hydroxylation is 1. The first kappa shape index (κ1) is 9.64. The van der Waals surface area contributed by atoms with Gasteiger partial charge >= 0.3 is 0 Å². The van der Waals surface area contributed by atoms with Gasteiger partial charge in [0.25, 0.3) is 0 Å². The highest BCUT2D eigenvalue weighted by Gasteiger charge is 2.10. The van der Waals surface area contributed by atoms with Crippen molar-refractivity contribution in [1.82, 2.24) is 10.2 Å². The molecule has 1 aromatic carbocycles. The fraction of sp³-hybridized carbons (Fsp3) is 0.200. The first-order valence-corrected chi connectivity index (χ1v) is 5.32. The summed E-state index contributed by atoms with van der Waals surface area (Å²) in [5.41, 5.74) is 2.64. The van der Waals surface area contributed by atoms with E-state index in [1.165, 1.54) is 12.5 Å². The second kappa shape index (κ2) is 3.34. The average molecular weight is 300 g/mol. The molecule has 4 heteroatoms. The zero-order valence-corrected chi connectivity index (χ0v) is 10.0. The molecule has 2 aromatic rings. The van der Waals surface area contributed by atoms with Crippen LogP contribution in [0.5, 0.6) is 0 Å². The van der Waals surface area contributed by atoms with Gasteiger partial charge in [0.05, 0.1) is 5.52 Å². The minimum atomic E-state index is -0.00379. The highest BCUT2D eigenvalue weighted by Crippen LogP contribution is 2.22. The quantitative estimate of drug-likeness (QED) is 0.650. The maximum Gasteiger partial charge on any atom is 0.180 e. The topological polar surface area (TPSA) is 45.8 Å². The fourth-order valence-electron chi connectivity index (χ4n) is 1.41. The number of aromatic nitrogens is 2. The number of carbonyl (C=O) groups is 1. The van der Waals surface area contributed by atoms with Gasteiger partial charge < -0.3 is 0 Å². The van der Waals surface area contributed by atoms with Crippen molar-refractivity contribution < 1.29 is 4.79 Å². The lowest BCUT2D eigenvalue weighted by atomic mass is 10.1. The van der Waals surface area contributed by atoms with Crippen molar-refractivity contribution in [2.24, 2.45) is 0 Å². The van der Waals surface area contributed by atoms with E-state index in [1.54, 1.807) is 0 Å². The van der Waals surface area contributed by atoms with Gasteiger partial charge in [-0.3, -0.25) is 9.89 Å². The van der Waals surface area contributed by atoms with Gasteiger partial charge in [-0.05, 0) is 47.2 Å². The molecule has 14 heavy (non-hydrogen) atoms. The molecule has 0 saturated carbocycles. The molecule has 1 heterocycles. The van der Waals surface area contributed by atoms with Crippen LogP contribution in [-0.2, 0) is 0 Å². The van der Waals surface area contributed by atoms with Crippen molar-refractivity contribution in [3.8, 4) is 0 Å². The number of hydrogen-bond donors (Lipinski definition) is 1. The summed E-state index contributed by atoms with van der Waals surface area (Å²) >= 11 is 2.26. The second-order valence-electron chi connectivity index (χ2n) is 3.28. The average Bonchev–Trinajstić information content (AvgIpc) is 2.48. The summed E-state index contributed by atoms with van der Waals surface area (Å²) in [7, 11) is 0. The third-order valence-corrected chi connectivity index (χ3v) is 3.34. The Morgan fingerprint density at radius 3 is 2.86 bits per heavy atom. The van der Waals surface area contributed by atoms with Crippen LogP contribution in [-0.4, -0.2) is 16.0 Å². The van der Waals surface area contributed by atoms with E-state index in [9.17, 15) is 4.79 Å². The van der Waals surface area contributed by atoms with Gasteiger partial charge in [-0.1, -0.05) is 0 Å². The van der Waals surface area contributed by atoms with Crippen molar-refractivity contribution in [2.45, 2.75) is 13.8 Å². The molecule has 0 aliphatic heterocycles. The summed E-state index contributed by atoms with van der Waals surface area (Å²) in [6.07, 6.45) is 0. The van der Waals surface area contributed by atoms with Crippen LogP contribution >= 0.6 is 22.6 Å². The van der Waals surface area contributed by atoms with Crippen LogP contribution in [0.4, 0.5) is 0 Å². The monoisotopic (exact) mass is 300 g/mol. The van der Waals surface area contributed by atoms with Crippen molar-refractivity contribution in [2.75, 3.05) is 0 Å². The molecule has 1 N–H and O–H groups in total. The SMILES string of the molecule is CC(=O)c1n[nH]c2cc(C)c(I)cc12. The number of ketones is 1. The van der Waals surface area contributed by atoms with Gasteiger partial charge in [-0.15, -0.1) is 0 Å². The molecule has 0 aliphatic carbocycles. The number of carbonyl (C=O) groups excluding carboxylic acids is 1. The zero-order chi connectivity index (χ0) is 10.3. The number of H-pyrrole nitrogens is 1. The third kappa shape index (κ3) is 1.43. The summed E-state index contributed by atoms with van der Waals surface area (Å²) in [6, 6.07) is 4.00. The highest BCUT2D eigenvalue weighted by atomic mass is 127. The number of halogens is 1. The molecule has 3 nitrogen and oxygen atoms in total. The molecular weight excluding hydrogens is 291 g/mol. The second-order valence-corrected chi connectivity index (χ2v) is 4.44. The lowest BCUT2D eigenvalue weighted by molar-refractivity contribution is 0.101. The molecule has 1 aromatic heterocycles. The molecule has 2 rings (SSSR count). The van der Waals surface area contributed by atoms with E-state index < -0.39 is 0 Å². The summed E-state index contributed by atoms with van der Waals surface area (Å²) in [6.45, 7) is 3.57. The standard InChI is InChI=1S/C10H9IN2O/c1-5-3-9-7(4-8(5)11)10(6(2)14)13-12-9/h3-4H,1-2H3,(H,12,13). The summed E-state index contributed by atoms with van der Waals surface area (Å²) < 4.78 is 1.15. The lowest BCUT2D eigenvalue weighted by Gasteiger charge is -1.97. The van der Waals surface area contributed by atoms with Gasteiger partial charge in [-0.25, -0.2) is 0 Å². The van der Waals surface area contributed by atoms with Crippen molar-refractivity contribution in [3.63, 3.8) is 0 Å². The Labute approximate surface area is 95.0 Å². The van der Waals surface area contributed by atoms with Gasteiger partial charge in [0, 0.05) is 15.9 Å². The Kier molecular flexibility index (Phi) is 2.30. The molecule has 0 atom stereocenters. The Morgan fingerprint density at radius 2 is 2.21 bits per heavy atom. The third-order valence-electron chi connectivity index (χ3n) is 2.18. The predicted octanol–water partition coefficient (Wildman–Crippen LogP) is 2.68. The molecule has 0 bridgehead atoms. The minimum Gasteiger partial charge on any atom is -0.293 e. The Bertz CT molecular complexity index is 516. The number of Topliss-reactive ketones (excluding diaryl/α,β-unsaturated/α-hetero) is 1. The minimum absolute atomic E-state index is 0.00379. The number of aromatic amines is 1. The van der Waals surface area contributed by atoms with Crippen LogP contribution in [0.25, 0.3) is 10.9 Å². The molecule has 0 fully saturated rings. The number of rotatable bonds is 1. The van der Waals surface area contributed by atoms with Gasteiger partial charge in [-0.2, -0.15) is 5.10 Å². The number of nitrogens with zero attached hydrogens (tertiary/aromatic N) is 1. The molecule has 0 aliphatic rings. The number of fused-ring (bicyclic) bond motifs is 1. The van der Waals surface area contributed by atoms with Crippen LogP contribution in [0.3, 0.4) is 0 Å². The molecule has 0 amide bonds. The maximum atomic E-state index is 11.2. The fourth-order valence-corrected chi connectivity index (χ4v) is 1.88. The van der Waals surface area contributed by atoms with Crippen molar-refractivity contribution in [3.05, 3.63) is 27.0 Å². The summed E-state index contributed by atoms with van der Waals surface area (Å²) in [4.78, 5) is 11.2. The number of nitrogens with one attached hydrogen (secondary N) is 1. The van der Waals surface area contributed by atoms with Crippen LogP contribution < -0.4 is 0 Å². The van der Waals surface area contributed by atoms with Crippen LogP contribution in [0.15, 0.2) is 12.1 Å². The van der Waals surface area contributed by atoms with Crippen LogP contribution in [0.2, 0.25) is 0 Å². The Hall–Kier alpha value is -0.910. The summed E-state index contributed by atoms with van der Waals surface area (Å²) in [5.74, 6) is -0.00379.